The van der Waals surface area contributed by atoms with Crippen LogP contribution in [0.1, 0.15) is 48.8 Å². The number of nitrogens with two attached hydrogens (primary N) is 2. The highest BCUT2D eigenvalue weighted by molar-refractivity contribution is 6.35. The Bertz CT molecular complexity index is 1340. The number of amides is 1. The maximum atomic E-state index is 12.2. The third kappa shape index (κ3) is 9.67. The van der Waals surface area contributed by atoms with Crippen molar-refractivity contribution in [3.05, 3.63) is 105 Å². The number of carbonyl (C=O) groups is 1. The fraction of sp³-hybridized carbons (Fsp3) is 0.207. The van der Waals surface area contributed by atoms with E-state index in [9.17, 15) is 4.79 Å². The summed E-state index contributed by atoms with van der Waals surface area (Å²) in [7, 11) is 1.63. The van der Waals surface area contributed by atoms with Crippen LogP contribution < -0.4 is 16.9 Å². The molecule has 8 nitrogen and oxygen atoms in total. The van der Waals surface area contributed by atoms with E-state index in [4.69, 9.17) is 44.6 Å². The molecule has 1 aromatic heterocycles. The molecule has 0 unspecified atom stereocenters. The van der Waals surface area contributed by atoms with Crippen LogP contribution in [0.5, 0.6) is 0 Å². The van der Waals surface area contributed by atoms with E-state index in [1.807, 2.05) is 79.2 Å². The molecule has 0 saturated carbocycles. The standard InChI is InChI=1S/C27H28Cl2N6O2.C2H6/c1-3-4-7-24(37-2)8-5-6-23-16-25(20-13-21(28)15-22(29)14-20)34-35(23)17-18-9-11-19(12-10-18)26(36)32-27(30)33-31;1-2/h4-16H,3,17,31H2,1-2H3,(H3,30,32,33,36);1-2H3/b6-5+,7-4-,24-8+;. The summed E-state index contributed by atoms with van der Waals surface area (Å²) in [4.78, 5) is 12.2. The fourth-order valence-electron chi connectivity index (χ4n) is 3.36. The smallest absolute Gasteiger partial charge is 0.257 e. The molecule has 0 aliphatic rings. The predicted molar refractivity (Wildman–Crippen MR) is 161 cm³/mol. The molecule has 3 rings (SSSR count). The number of hydrogen-bond donors (Lipinski definition) is 3. The van der Waals surface area contributed by atoms with Crippen LogP contribution in [-0.4, -0.2) is 28.8 Å². The molecule has 3 aromatic rings. The number of methoxy groups -OCH3 is 1. The van der Waals surface area contributed by atoms with E-state index in [0.717, 1.165) is 34.7 Å². The Morgan fingerprint density at radius 1 is 1.13 bits per heavy atom. The molecular formula is C29H34Cl2N6O2. The molecule has 1 amide bonds. The summed E-state index contributed by atoms with van der Waals surface area (Å²) in [6, 6.07) is 14.3. The van der Waals surface area contributed by atoms with Crippen molar-refractivity contribution < 1.29 is 9.53 Å². The molecule has 0 saturated heterocycles. The Hall–Kier alpha value is -4.01. The van der Waals surface area contributed by atoms with Gasteiger partial charge in [0, 0.05) is 21.2 Å². The Labute approximate surface area is 239 Å². The third-order valence-corrected chi connectivity index (χ3v) is 5.62. The molecule has 39 heavy (non-hydrogen) atoms. The van der Waals surface area contributed by atoms with Crippen LogP contribution in [0.2, 0.25) is 10.0 Å². The maximum Gasteiger partial charge on any atom is 0.257 e. The number of guanidine groups is 1. The van der Waals surface area contributed by atoms with Gasteiger partial charge >= 0.3 is 0 Å². The third-order valence-electron chi connectivity index (χ3n) is 5.18. The predicted octanol–water partition coefficient (Wildman–Crippen LogP) is 6.36. The number of ether oxygens (including phenoxy) is 1. The monoisotopic (exact) mass is 568 g/mol. The molecule has 0 aliphatic heterocycles. The van der Waals surface area contributed by atoms with Crippen LogP contribution in [0.3, 0.4) is 0 Å². The summed E-state index contributed by atoms with van der Waals surface area (Å²) in [6.45, 7) is 6.52. The van der Waals surface area contributed by atoms with Gasteiger partial charge in [0.25, 0.3) is 5.91 Å². The molecule has 206 valence electrons. The fourth-order valence-corrected chi connectivity index (χ4v) is 3.88. The summed E-state index contributed by atoms with van der Waals surface area (Å²) in [6.07, 6.45) is 10.6. The van der Waals surface area contributed by atoms with Crippen LogP contribution in [-0.2, 0) is 11.3 Å². The zero-order valence-electron chi connectivity index (χ0n) is 22.5. The van der Waals surface area contributed by atoms with Gasteiger partial charge in [-0.1, -0.05) is 68.3 Å². The zero-order valence-corrected chi connectivity index (χ0v) is 24.0. The first-order valence-electron chi connectivity index (χ1n) is 12.4. The number of hydrogen-bond acceptors (Lipinski definition) is 5. The Morgan fingerprint density at radius 3 is 2.38 bits per heavy atom. The molecule has 0 spiro atoms. The number of aromatic nitrogens is 2. The number of carbonyl (C=O) groups excluding carboxylic acids is 1. The van der Waals surface area contributed by atoms with Crippen molar-refractivity contribution in [1.29, 1.82) is 0 Å². The maximum absolute atomic E-state index is 12.2. The van der Waals surface area contributed by atoms with Crippen LogP contribution in [0, 0.1) is 0 Å². The number of allylic oxidation sites excluding steroid dienone is 4. The van der Waals surface area contributed by atoms with Crippen molar-refractivity contribution >= 4 is 41.1 Å². The molecular weight excluding hydrogens is 535 g/mol. The number of nitrogens with zero attached hydrogens (tertiary/aromatic N) is 3. The van der Waals surface area contributed by atoms with Gasteiger partial charge in [0.1, 0.15) is 5.76 Å². The SMILES string of the molecule is CC.CC\C=C/C(=C\C=C\c1cc(-c2cc(Cl)cc(Cl)c2)nn1Cc1ccc(C(=O)N/C(N)=N/N)cc1)OC. The van der Waals surface area contributed by atoms with Gasteiger partial charge in [-0.05, 0) is 66.6 Å². The number of rotatable bonds is 9. The lowest BCUT2D eigenvalue weighted by atomic mass is 10.1. The lowest BCUT2D eigenvalue weighted by Gasteiger charge is -2.07. The van der Waals surface area contributed by atoms with E-state index >= 15 is 0 Å². The summed E-state index contributed by atoms with van der Waals surface area (Å²) >= 11 is 12.4. The van der Waals surface area contributed by atoms with Crippen molar-refractivity contribution in [1.82, 2.24) is 15.1 Å². The van der Waals surface area contributed by atoms with Gasteiger partial charge in [0.2, 0.25) is 5.96 Å². The van der Waals surface area contributed by atoms with E-state index < -0.39 is 5.91 Å². The Kier molecular flexibility index (Phi) is 12.9. The molecule has 0 bridgehead atoms. The van der Waals surface area contributed by atoms with Crippen LogP contribution in [0.25, 0.3) is 17.3 Å². The van der Waals surface area contributed by atoms with Crippen molar-refractivity contribution in [3.8, 4) is 11.3 Å². The molecule has 0 fully saturated rings. The molecule has 0 radical (unpaired) electrons. The topological polar surface area (TPSA) is 121 Å². The highest BCUT2D eigenvalue weighted by Gasteiger charge is 2.11. The second kappa shape index (κ2) is 16.1. The van der Waals surface area contributed by atoms with Gasteiger partial charge in [-0.25, -0.2) is 0 Å². The van der Waals surface area contributed by atoms with E-state index in [1.54, 1.807) is 25.3 Å². The average molecular weight is 570 g/mol. The zero-order chi connectivity index (χ0) is 28.8. The van der Waals surface area contributed by atoms with E-state index in [-0.39, 0.29) is 5.96 Å². The van der Waals surface area contributed by atoms with Crippen molar-refractivity contribution in [2.45, 2.75) is 33.7 Å². The van der Waals surface area contributed by atoms with Crippen LogP contribution in [0.4, 0.5) is 0 Å². The minimum atomic E-state index is -0.404. The van der Waals surface area contributed by atoms with Crippen molar-refractivity contribution in [3.63, 3.8) is 0 Å². The number of hydrazone groups is 1. The summed E-state index contributed by atoms with van der Waals surface area (Å²) < 4.78 is 7.25. The van der Waals surface area contributed by atoms with Gasteiger partial charge in [-0.2, -0.15) is 5.10 Å². The largest absolute Gasteiger partial charge is 0.497 e. The lowest BCUT2D eigenvalue weighted by Crippen LogP contribution is -2.37. The van der Waals surface area contributed by atoms with Gasteiger partial charge in [0.05, 0.1) is 25.0 Å². The van der Waals surface area contributed by atoms with Crippen LogP contribution >= 0.6 is 23.2 Å². The minimum Gasteiger partial charge on any atom is -0.497 e. The minimum absolute atomic E-state index is 0.161. The lowest BCUT2D eigenvalue weighted by molar-refractivity contribution is 0.0976. The summed E-state index contributed by atoms with van der Waals surface area (Å²) in [5.74, 6) is 5.24. The van der Waals surface area contributed by atoms with Gasteiger partial charge in [-0.15, -0.1) is 5.10 Å². The molecule has 2 aromatic carbocycles. The van der Waals surface area contributed by atoms with Gasteiger partial charge in [-0.3, -0.25) is 14.8 Å². The van der Waals surface area contributed by atoms with E-state index in [0.29, 0.717) is 22.2 Å². The van der Waals surface area contributed by atoms with Gasteiger partial charge < -0.3 is 16.3 Å². The number of halogens is 2. The molecule has 0 aliphatic carbocycles. The number of nitrogens with one attached hydrogen (secondary N) is 1. The quantitative estimate of drug-likeness (QED) is 0.0692. The first kappa shape index (κ1) is 31.2. The molecule has 5 N–H and O–H groups in total. The Balaban J connectivity index is 0.00000260. The highest BCUT2D eigenvalue weighted by Crippen LogP contribution is 2.27. The van der Waals surface area contributed by atoms with Gasteiger partial charge in [0.15, 0.2) is 0 Å². The average Bonchev–Trinajstić information content (AvgIpc) is 3.33. The number of benzene rings is 2. The second-order valence-corrected chi connectivity index (χ2v) is 8.75. The van der Waals surface area contributed by atoms with E-state index in [2.05, 4.69) is 17.3 Å². The van der Waals surface area contributed by atoms with Crippen molar-refractivity contribution in [2.24, 2.45) is 16.7 Å². The summed E-state index contributed by atoms with van der Waals surface area (Å²) in [5.41, 5.74) is 9.19. The van der Waals surface area contributed by atoms with Crippen LogP contribution in [0.15, 0.2) is 83.7 Å². The second-order valence-electron chi connectivity index (χ2n) is 7.88. The summed E-state index contributed by atoms with van der Waals surface area (Å²) in [5, 5.41) is 11.5. The Morgan fingerprint density at radius 2 is 1.79 bits per heavy atom. The molecule has 1 heterocycles. The van der Waals surface area contributed by atoms with Crippen molar-refractivity contribution in [2.75, 3.05) is 7.11 Å². The molecule has 0 atom stereocenters. The normalized spacial score (nSPS) is 11.9. The first-order chi connectivity index (χ1) is 18.8. The first-order valence-corrected chi connectivity index (χ1v) is 13.2. The molecule has 10 heteroatoms. The highest BCUT2D eigenvalue weighted by atomic mass is 35.5. The van der Waals surface area contributed by atoms with E-state index in [1.165, 1.54) is 0 Å².